The maximum Gasteiger partial charge on any atom is 0.261 e. The number of hydroxylamine groups is 1. The Morgan fingerprint density at radius 2 is 1.78 bits per heavy atom. The normalized spacial score (nSPS) is 21.2. The molecule has 0 aliphatic carbocycles. The molecule has 2 unspecified atom stereocenters. The Morgan fingerprint density at radius 1 is 1.08 bits per heavy atom. The number of benzene rings is 2. The molecule has 9 heteroatoms. The molecule has 0 radical (unpaired) electrons. The lowest BCUT2D eigenvalue weighted by Gasteiger charge is -2.34. The number of amides is 4. The molecular weight excluding hydrogens is 477 g/mol. The van der Waals surface area contributed by atoms with Crippen LogP contribution in [0.2, 0.25) is 0 Å². The Morgan fingerprint density at radius 3 is 2.46 bits per heavy atom. The summed E-state index contributed by atoms with van der Waals surface area (Å²) in [5, 5.41) is 9.28. The minimum absolute atomic E-state index is 0.0325. The Balaban J connectivity index is 1.57. The minimum atomic E-state index is -1.08. The maximum atomic E-state index is 13.9. The number of hydrogen-bond acceptors (Lipinski definition) is 5. The van der Waals surface area contributed by atoms with Gasteiger partial charge in [0, 0.05) is 26.1 Å². The van der Waals surface area contributed by atoms with E-state index in [9.17, 15) is 28.8 Å². The highest BCUT2D eigenvalue weighted by molar-refractivity contribution is 6.21. The number of imide groups is 1. The van der Waals surface area contributed by atoms with E-state index in [1.54, 1.807) is 10.4 Å². The van der Waals surface area contributed by atoms with E-state index in [2.05, 4.69) is 0 Å². The number of rotatable bonds is 10. The zero-order chi connectivity index (χ0) is 26.7. The quantitative estimate of drug-likeness (QED) is 0.290. The third-order valence-corrected chi connectivity index (χ3v) is 7.46. The largest absolute Gasteiger partial charge is 0.342 e. The van der Waals surface area contributed by atoms with Gasteiger partial charge in [0.25, 0.3) is 11.8 Å². The van der Waals surface area contributed by atoms with Gasteiger partial charge in [-0.15, -0.1) is 0 Å². The second kappa shape index (κ2) is 10.8. The van der Waals surface area contributed by atoms with Crippen LogP contribution in [-0.4, -0.2) is 58.3 Å². The summed E-state index contributed by atoms with van der Waals surface area (Å²) in [6, 6.07) is 13.3. The van der Waals surface area contributed by atoms with E-state index in [0.717, 1.165) is 22.6 Å². The van der Waals surface area contributed by atoms with Gasteiger partial charge in [-0.2, -0.15) is 0 Å². The summed E-state index contributed by atoms with van der Waals surface area (Å²) >= 11 is 0. The summed E-state index contributed by atoms with van der Waals surface area (Å²) in [5.74, 6) is -2.72. The van der Waals surface area contributed by atoms with Crippen LogP contribution in [0.4, 0.5) is 4.39 Å². The third-order valence-electron chi connectivity index (χ3n) is 7.46. The van der Waals surface area contributed by atoms with Crippen molar-refractivity contribution in [2.75, 3.05) is 19.6 Å². The number of carbonyl (C=O) groups is 4. The monoisotopic (exact) mass is 509 g/mol. The van der Waals surface area contributed by atoms with Crippen molar-refractivity contribution in [2.24, 2.45) is 17.3 Å². The van der Waals surface area contributed by atoms with E-state index in [4.69, 9.17) is 0 Å². The van der Waals surface area contributed by atoms with Gasteiger partial charge in [-0.05, 0) is 54.9 Å². The molecule has 2 aromatic rings. The highest BCUT2D eigenvalue weighted by Crippen LogP contribution is 2.47. The number of nitrogens with one attached hydrogen (secondary N) is 1. The maximum absolute atomic E-state index is 13.9. The van der Waals surface area contributed by atoms with Gasteiger partial charge in [0.2, 0.25) is 11.8 Å². The van der Waals surface area contributed by atoms with Gasteiger partial charge >= 0.3 is 0 Å². The average Bonchev–Trinajstić information content (AvgIpc) is 3.26. The fraction of sp³-hybridized carbons (Fsp3) is 0.429. The zero-order valence-electron chi connectivity index (χ0n) is 21.1. The summed E-state index contributed by atoms with van der Waals surface area (Å²) in [4.78, 5) is 54.9. The van der Waals surface area contributed by atoms with E-state index in [-0.39, 0.29) is 41.8 Å². The van der Waals surface area contributed by atoms with Crippen molar-refractivity contribution in [3.05, 3.63) is 71.0 Å². The fourth-order valence-electron chi connectivity index (χ4n) is 5.83. The predicted molar refractivity (Wildman–Crippen MR) is 133 cm³/mol. The summed E-state index contributed by atoms with van der Waals surface area (Å²) in [6.07, 6.45) is 1.17. The molecule has 4 amide bonds. The van der Waals surface area contributed by atoms with Crippen LogP contribution in [0, 0.1) is 23.1 Å². The van der Waals surface area contributed by atoms with Crippen LogP contribution in [-0.2, 0) is 16.0 Å². The molecule has 0 spiro atoms. The molecule has 0 aromatic heterocycles. The molecule has 1 saturated heterocycles. The number of halogens is 1. The minimum Gasteiger partial charge on any atom is -0.342 e. The molecule has 196 valence electrons. The highest BCUT2D eigenvalue weighted by Gasteiger charge is 2.54. The van der Waals surface area contributed by atoms with Crippen LogP contribution in [0.1, 0.15) is 59.4 Å². The number of hydrogen-bond donors (Lipinski definition) is 2. The molecule has 0 saturated carbocycles. The van der Waals surface area contributed by atoms with Crippen molar-refractivity contribution < 1.29 is 28.8 Å². The number of nitrogens with zero attached hydrogens (tertiary/aromatic N) is 2. The second-order valence-electron chi connectivity index (χ2n) is 10.4. The van der Waals surface area contributed by atoms with E-state index in [1.165, 1.54) is 6.07 Å². The molecule has 8 nitrogen and oxygen atoms in total. The molecule has 1 fully saturated rings. The molecule has 2 aliphatic heterocycles. The van der Waals surface area contributed by atoms with Gasteiger partial charge in [-0.1, -0.05) is 44.2 Å². The van der Waals surface area contributed by atoms with E-state index < -0.39 is 29.0 Å². The zero-order valence-corrected chi connectivity index (χ0v) is 21.1. The molecule has 2 atom stereocenters. The van der Waals surface area contributed by atoms with Gasteiger partial charge in [0.05, 0.1) is 16.5 Å². The van der Waals surface area contributed by atoms with Crippen LogP contribution in [0.5, 0.6) is 0 Å². The molecular formula is C28H32FN3O5. The summed E-state index contributed by atoms with van der Waals surface area (Å²) in [5.41, 5.74) is 1.86. The lowest BCUT2D eigenvalue weighted by atomic mass is 9.68. The number of fused-ring (bicyclic) bond motifs is 1. The lowest BCUT2D eigenvalue weighted by molar-refractivity contribution is -0.144. The summed E-state index contributed by atoms with van der Waals surface area (Å²) < 4.78 is 13.7. The number of likely N-dealkylation sites (tertiary alicyclic amines) is 1. The average molecular weight is 510 g/mol. The van der Waals surface area contributed by atoms with Crippen molar-refractivity contribution >= 4 is 23.6 Å². The van der Waals surface area contributed by atoms with Crippen molar-refractivity contribution in [3.8, 4) is 0 Å². The van der Waals surface area contributed by atoms with Crippen molar-refractivity contribution in [1.82, 2.24) is 15.3 Å². The van der Waals surface area contributed by atoms with Crippen LogP contribution >= 0.6 is 0 Å². The Labute approximate surface area is 215 Å². The van der Waals surface area contributed by atoms with Gasteiger partial charge in [0.15, 0.2) is 0 Å². The Hall–Kier alpha value is -3.59. The Kier molecular flexibility index (Phi) is 7.73. The molecule has 2 N–H and O–H groups in total. The molecule has 37 heavy (non-hydrogen) atoms. The molecule has 2 aliphatic rings. The SMILES string of the molecule is CC(C)CC1(CC(=O)NO)C(=O)N(CCc2ccccc2)CC1CCN1C(=O)c2ccc(F)cc2C1=O. The fourth-order valence-corrected chi connectivity index (χ4v) is 5.83. The highest BCUT2D eigenvalue weighted by atomic mass is 19.1. The summed E-state index contributed by atoms with van der Waals surface area (Å²) in [7, 11) is 0. The van der Waals surface area contributed by atoms with Crippen LogP contribution in [0.15, 0.2) is 48.5 Å². The van der Waals surface area contributed by atoms with Crippen LogP contribution in [0.25, 0.3) is 0 Å². The molecule has 2 aromatic carbocycles. The first kappa shape index (κ1) is 26.5. The topological polar surface area (TPSA) is 107 Å². The second-order valence-corrected chi connectivity index (χ2v) is 10.4. The third kappa shape index (κ3) is 5.27. The van der Waals surface area contributed by atoms with Crippen LogP contribution < -0.4 is 5.48 Å². The van der Waals surface area contributed by atoms with E-state index >= 15 is 0 Å². The lowest BCUT2D eigenvalue weighted by Crippen LogP contribution is -2.43. The number of carbonyl (C=O) groups excluding carboxylic acids is 4. The predicted octanol–water partition coefficient (Wildman–Crippen LogP) is 3.44. The van der Waals surface area contributed by atoms with E-state index in [1.807, 2.05) is 44.2 Å². The Bertz CT molecular complexity index is 1200. The van der Waals surface area contributed by atoms with Gasteiger partial charge in [-0.25, -0.2) is 9.87 Å². The van der Waals surface area contributed by atoms with Gasteiger partial charge in [0.1, 0.15) is 5.82 Å². The first-order valence-corrected chi connectivity index (χ1v) is 12.6. The smallest absolute Gasteiger partial charge is 0.261 e. The molecule has 2 heterocycles. The summed E-state index contributed by atoms with van der Waals surface area (Å²) in [6.45, 7) is 4.81. The molecule has 4 rings (SSSR count). The standard InChI is InChI=1S/C28H32FN3O5/c1-18(2)15-28(16-24(33)30-37)20(17-31(27(28)36)12-10-19-6-4-3-5-7-19)11-13-32-25(34)22-9-8-21(29)14-23(22)26(32)35/h3-9,14,18,20,37H,10-13,15-17H2,1-2H3,(H,30,33). The van der Waals surface area contributed by atoms with Gasteiger partial charge in [-0.3, -0.25) is 29.3 Å². The molecule has 0 bridgehead atoms. The van der Waals surface area contributed by atoms with Crippen molar-refractivity contribution in [1.29, 1.82) is 0 Å². The van der Waals surface area contributed by atoms with Crippen LogP contribution in [0.3, 0.4) is 0 Å². The first-order valence-electron chi connectivity index (χ1n) is 12.6. The first-order chi connectivity index (χ1) is 17.7. The van der Waals surface area contributed by atoms with Gasteiger partial charge < -0.3 is 4.90 Å². The van der Waals surface area contributed by atoms with E-state index in [0.29, 0.717) is 32.4 Å². The van der Waals surface area contributed by atoms with Crippen molar-refractivity contribution in [3.63, 3.8) is 0 Å². The van der Waals surface area contributed by atoms with Crippen molar-refractivity contribution in [2.45, 2.75) is 39.5 Å².